The molecule has 130 valence electrons. The topological polar surface area (TPSA) is 52.0 Å². The molecule has 5 nitrogen and oxygen atoms in total. The first kappa shape index (κ1) is 17.1. The van der Waals surface area contributed by atoms with Gasteiger partial charge in [0.2, 0.25) is 0 Å². The molecule has 1 N–H and O–H groups in total. The first-order chi connectivity index (χ1) is 11.3. The molecule has 2 aromatic rings. The van der Waals surface area contributed by atoms with Crippen LogP contribution in [0.5, 0.6) is 0 Å². The van der Waals surface area contributed by atoms with Gasteiger partial charge < -0.3 is 10.1 Å². The summed E-state index contributed by atoms with van der Waals surface area (Å²) in [6, 6.07) is 4.71. The summed E-state index contributed by atoms with van der Waals surface area (Å²) in [6.07, 6.45) is 1.82. The van der Waals surface area contributed by atoms with Crippen molar-refractivity contribution in [2.75, 3.05) is 19.8 Å². The van der Waals surface area contributed by atoms with Crippen molar-refractivity contribution >= 4 is 0 Å². The van der Waals surface area contributed by atoms with Gasteiger partial charge in [-0.1, -0.05) is 32.9 Å². The highest BCUT2D eigenvalue weighted by Crippen LogP contribution is 2.27. The van der Waals surface area contributed by atoms with Gasteiger partial charge in [-0.25, -0.2) is 9.67 Å². The molecule has 5 heteroatoms. The standard InChI is InChI=1S/C19H28N4O/c1-13-8-15(19(3,4)5)9-14(2)16(13)10-23-12-21-18(22-23)17-11-24-7-6-20-17/h8-9,12,17,20H,6-7,10-11H2,1-5H3. The molecule has 0 saturated carbocycles. The van der Waals surface area contributed by atoms with Gasteiger partial charge in [0.05, 0.1) is 25.8 Å². The Labute approximate surface area is 144 Å². The zero-order valence-corrected chi connectivity index (χ0v) is 15.4. The fourth-order valence-corrected chi connectivity index (χ4v) is 3.11. The van der Waals surface area contributed by atoms with Gasteiger partial charge in [-0.2, -0.15) is 5.10 Å². The van der Waals surface area contributed by atoms with E-state index in [1.54, 1.807) is 0 Å². The van der Waals surface area contributed by atoms with E-state index in [1.807, 2.05) is 11.0 Å². The van der Waals surface area contributed by atoms with Crippen molar-refractivity contribution in [1.29, 1.82) is 0 Å². The third-order valence-corrected chi connectivity index (χ3v) is 4.67. The third kappa shape index (κ3) is 3.68. The van der Waals surface area contributed by atoms with Crippen LogP contribution in [0.25, 0.3) is 0 Å². The lowest BCUT2D eigenvalue weighted by Gasteiger charge is -2.22. The molecule has 1 atom stereocenters. The van der Waals surface area contributed by atoms with Crippen LogP contribution in [-0.4, -0.2) is 34.5 Å². The van der Waals surface area contributed by atoms with E-state index in [-0.39, 0.29) is 11.5 Å². The summed E-state index contributed by atoms with van der Waals surface area (Å²) in [5.41, 5.74) is 5.50. The van der Waals surface area contributed by atoms with Crippen LogP contribution in [0.4, 0.5) is 0 Å². The van der Waals surface area contributed by atoms with Crippen LogP contribution in [0.3, 0.4) is 0 Å². The number of nitrogens with zero attached hydrogens (tertiary/aromatic N) is 3. The molecule has 1 saturated heterocycles. The summed E-state index contributed by atoms with van der Waals surface area (Å²) in [4.78, 5) is 4.46. The number of nitrogens with one attached hydrogen (secondary N) is 1. The quantitative estimate of drug-likeness (QED) is 0.941. The van der Waals surface area contributed by atoms with Gasteiger partial charge >= 0.3 is 0 Å². The molecule has 1 aliphatic rings. The SMILES string of the molecule is Cc1cc(C(C)(C)C)cc(C)c1Cn1cnc(C2COCCN2)n1. The molecule has 2 heterocycles. The fourth-order valence-electron chi connectivity index (χ4n) is 3.11. The summed E-state index contributed by atoms with van der Waals surface area (Å²) in [5, 5.41) is 8.04. The average molecular weight is 328 g/mol. The van der Waals surface area contributed by atoms with Crippen molar-refractivity contribution in [3.05, 3.63) is 46.5 Å². The molecule has 1 aromatic heterocycles. The molecular formula is C19H28N4O. The van der Waals surface area contributed by atoms with Crippen LogP contribution in [0.15, 0.2) is 18.5 Å². The third-order valence-electron chi connectivity index (χ3n) is 4.67. The molecule has 0 spiro atoms. The van der Waals surface area contributed by atoms with Crippen LogP contribution >= 0.6 is 0 Å². The molecule has 0 bridgehead atoms. The fraction of sp³-hybridized carbons (Fsp3) is 0.579. The van der Waals surface area contributed by atoms with Gasteiger partial charge in [-0.05, 0) is 41.5 Å². The Hall–Kier alpha value is -1.72. The maximum atomic E-state index is 5.50. The first-order valence-electron chi connectivity index (χ1n) is 8.65. The van der Waals surface area contributed by atoms with Crippen molar-refractivity contribution in [3.8, 4) is 0 Å². The van der Waals surface area contributed by atoms with Crippen molar-refractivity contribution < 1.29 is 4.74 Å². The summed E-state index contributed by atoms with van der Waals surface area (Å²) >= 11 is 0. The van der Waals surface area contributed by atoms with Crippen molar-refractivity contribution in [3.63, 3.8) is 0 Å². The number of aryl methyl sites for hydroxylation is 2. The predicted octanol–water partition coefficient (Wildman–Crippen LogP) is 2.90. The normalized spacial score (nSPS) is 18.8. The number of ether oxygens (including phenoxy) is 1. The van der Waals surface area contributed by atoms with Crippen molar-refractivity contribution in [2.24, 2.45) is 0 Å². The first-order valence-corrected chi connectivity index (χ1v) is 8.65. The molecule has 1 fully saturated rings. The molecule has 0 aliphatic carbocycles. The molecule has 0 amide bonds. The number of benzene rings is 1. The molecule has 1 aromatic carbocycles. The van der Waals surface area contributed by atoms with Crippen molar-refractivity contribution in [2.45, 2.75) is 52.6 Å². The predicted molar refractivity (Wildman–Crippen MR) is 95.3 cm³/mol. The highest BCUT2D eigenvalue weighted by atomic mass is 16.5. The monoisotopic (exact) mass is 328 g/mol. The summed E-state index contributed by atoms with van der Waals surface area (Å²) in [5.74, 6) is 0.816. The van der Waals surface area contributed by atoms with Crippen molar-refractivity contribution in [1.82, 2.24) is 20.1 Å². The van der Waals surface area contributed by atoms with E-state index in [0.29, 0.717) is 6.61 Å². The Balaban J connectivity index is 1.80. The Morgan fingerprint density at radius 1 is 1.25 bits per heavy atom. The van der Waals surface area contributed by atoms with E-state index in [0.717, 1.165) is 25.5 Å². The Bertz CT molecular complexity index is 685. The van der Waals surface area contributed by atoms with Crippen LogP contribution in [-0.2, 0) is 16.7 Å². The largest absolute Gasteiger partial charge is 0.378 e. The maximum absolute atomic E-state index is 5.50. The maximum Gasteiger partial charge on any atom is 0.169 e. The lowest BCUT2D eigenvalue weighted by molar-refractivity contribution is 0.0742. The van der Waals surface area contributed by atoms with Gasteiger partial charge in [0.25, 0.3) is 0 Å². The number of rotatable bonds is 3. The molecule has 3 rings (SSSR count). The smallest absolute Gasteiger partial charge is 0.169 e. The Kier molecular flexibility index (Phi) is 4.74. The molecule has 0 radical (unpaired) electrons. The highest BCUT2D eigenvalue weighted by molar-refractivity contribution is 5.40. The van der Waals surface area contributed by atoms with E-state index in [4.69, 9.17) is 4.74 Å². The van der Waals surface area contributed by atoms with E-state index in [2.05, 4.69) is 62.2 Å². The second-order valence-corrected chi connectivity index (χ2v) is 7.72. The van der Waals surface area contributed by atoms with E-state index < -0.39 is 0 Å². The second-order valence-electron chi connectivity index (χ2n) is 7.72. The second kappa shape index (κ2) is 6.65. The van der Waals surface area contributed by atoms with Gasteiger partial charge in [0, 0.05) is 6.54 Å². The highest BCUT2D eigenvalue weighted by Gasteiger charge is 2.20. The van der Waals surface area contributed by atoms with Crippen LogP contribution in [0.2, 0.25) is 0 Å². The summed E-state index contributed by atoms with van der Waals surface area (Å²) in [6.45, 7) is 14.1. The van der Waals surface area contributed by atoms with Gasteiger partial charge in [0.1, 0.15) is 6.33 Å². The number of hydrogen-bond acceptors (Lipinski definition) is 4. The Morgan fingerprint density at radius 3 is 2.54 bits per heavy atom. The lowest BCUT2D eigenvalue weighted by Crippen LogP contribution is -2.35. The van der Waals surface area contributed by atoms with Crippen LogP contribution in [0, 0.1) is 13.8 Å². The Morgan fingerprint density at radius 2 is 1.96 bits per heavy atom. The molecule has 1 unspecified atom stereocenters. The van der Waals surface area contributed by atoms with E-state index in [9.17, 15) is 0 Å². The summed E-state index contributed by atoms with van der Waals surface area (Å²) in [7, 11) is 0. The van der Waals surface area contributed by atoms with Gasteiger partial charge in [0.15, 0.2) is 5.82 Å². The molecule has 1 aliphatic heterocycles. The lowest BCUT2D eigenvalue weighted by atomic mass is 9.84. The van der Waals surface area contributed by atoms with Crippen LogP contribution < -0.4 is 5.32 Å². The average Bonchev–Trinajstić information content (AvgIpc) is 2.99. The summed E-state index contributed by atoms with van der Waals surface area (Å²) < 4.78 is 7.42. The molecule has 24 heavy (non-hydrogen) atoms. The van der Waals surface area contributed by atoms with Gasteiger partial charge in [-0.3, -0.25) is 0 Å². The zero-order chi connectivity index (χ0) is 17.3. The minimum absolute atomic E-state index is 0.102. The number of hydrogen-bond donors (Lipinski definition) is 1. The number of aromatic nitrogens is 3. The minimum Gasteiger partial charge on any atom is -0.378 e. The van der Waals surface area contributed by atoms with Crippen LogP contribution in [0.1, 0.15) is 54.9 Å². The zero-order valence-electron chi connectivity index (χ0n) is 15.4. The van der Waals surface area contributed by atoms with Gasteiger partial charge in [-0.15, -0.1) is 0 Å². The molecular weight excluding hydrogens is 300 g/mol. The number of morpholine rings is 1. The minimum atomic E-state index is 0.102. The van der Waals surface area contributed by atoms with E-state index in [1.165, 1.54) is 22.3 Å². The van der Waals surface area contributed by atoms with E-state index >= 15 is 0 Å².